The Kier molecular flexibility index (Phi) is 5.53. The van der Waals surface area contributed by atoms with E-state index in [1.165, 1.54) is 16.7 Å². The molecule has 0 spiro atoms. The summed E-state index contributed by atoms with van der Waals surface area (Å²) >= 11 is 7.87. The zero-order valence-corrected chi connectivity index (χ0v) is 13.5. The standard InChI is InChI=1S/C17H20ClNS/c1-12-7-8-14(9-13(12)2)10-15(19)11-20-17-6-4-3-5-16(17)18/h3-9,15H,10-11,19H2,1-2H3. The van der Waals surface area contributed by atoms with Crippen molar-refractivity contribution in [2.45, 2.75) is 31.2 Å². The van der Waals surface area contributed by atoms with Crippen LogP contribution in [0.4, 0.5) is 0 Å². The van der Waals surface area contributed by atoms with E-state index in [1.54, 1.807) is 11.8 Å². The van der Waals surface area contributed by atoms with Crippen LogP contribution in [0.3, 0.4) is 0 Å². The van der Waals surface area contributed by atoms with Crippen LogP contribution in [0.15, 0.2) is 47.4 Å². The minimum Gasteiger partial charge on any atom is -0.327 e. The van der Waals surface area contributed by atoms with Crippen LogP contribution >= 0.6 is 23.4 Å². The van der Waals surface area contributed by atoms with Gasteiger partial charge in [0.05, 0.1) is 5.02 Å². The number of benzene rings is 2. The number of nitrogens with two attached hydrogens (primary N) is 1. The molecule has 0 heterocycles. The van der Waals surface area contributed by atoms with Crippen LogP contribution in [0.2, 0.25) is 5.02 Å². The third-order valence-electron chi connectivity index (χ3n) is 3.36. The predicted molar refractivity (Wildman–Crippen MR) is 89.8 cm³/mol. The third-order valence-corrected chi connectivity index (χ3v) is 5.06. The number of rotatable bonds is 5. The minimum absolute atomic E-state index is 0.137. The Hall–Kier alpha value is -0.960. The molecule has 20 heavy (non-hydrogen) atoms. The van der Waals surface area contributed by atoms with Crippen molar-refractivity contribution in [2.24, 2.45) is 5.73 Å². The van der Waals surface area contributed by atoms with Gasteiger partial charge in [-0.1, -0.05) is 41.9 Å². The van der Waals surface area contributed by atoms with E-state index in [2.05, 4.69) is 32.0 Å². The maximum Gasteiger partial charge on any atom is 0.0541 e. The van der Waals surface area contributed by atoms with Crippen molar-refractivity contribution in [1.82, 2.24) is 0 Å². The molecule has 0 aromatic heterocycles. The second-order valence-electron chi connectivity index (χ2n) is 5.12. The second kappa shape index (κ2) is 7.16. The average Bonchev–Trinajstić information content (AvgIpc) is 2.42. The number of thioether (sulfide) groups is 1. The Labute approximate surface area is 130 Å². The van der Waals surface area contributed by atoms with E-state index in [-0.39, 0.29) is 6.04 Å². The molecule has 0 fully saturated rings. The Morgan fingerprint density at radius 2 is 1.85 bits per heavy atom. The molecule has 2 aromatic carbocycles. The van der Waals surface area contributed by atoms with E-state index in [0.717, 1.165) is 22.1 Å². The minimum atomic E-state index is 0.137. The van der Waals surface area contributed by atoms with Gasteiger partial charge in [0.25, 0.3) is 0 Å². The first-order chi connectivity index (χ1) is 9.56. The van der Waals surface area contributed by atoms with Crippen molar-refractivity contribution in [2.75, 3.05) is 5.75 Å². The highest BCUT2D eigenvalue weighted by Crippen LogP contribution is 2.27. The number of aryl methyl sites for hydroxylation is 2. The van der Waals surface area contributed by atoms with Crippen LogP contribution < -0.4 is 5.73 Å². The molecule has 2 N–H and O–H groups in total. The first-order valence-electron chi connectivity index (χ1n) is 6.75. The molecule has 2 aromatic rings. The van der Waals surface area contributed by atoms with Gasteiger partial charge in [-0.3, -0.25) is 0 Å². The van der Waals surface area contributed by atoms with Gasteiger partial charge in [0.1, 0.15) is 0 Å². The van der Waals surface area contributed by atoms with E-state index in [0.29, 0.717) is 0 Å². The molecular formula is C17H20ClNS. The summed E-state index contributed by atoms with van der Waals surface area (Å²) in [6, 6.07) is 14.6. The van der Waals surface area contributed by atoms with Crippen molar-refractivity contribution in [3.05, 3.63) is 64.2 Å². The highest BCUT2D eigenvalue weighted by Gasteiger charge is 2.07. The summed E-state index contributed by atoms with van der Waals surface area (Å²) in [5, 5.41) is 0.802. The summed E-state index contributed by atoms with van der Waals surface area (Å²) in [7, 11) is 0. The van der Waals surface area contributed by atoms with E-state index < -0.39 is 0 Å². The third kappa shape index (κ3) is 4.27. The molecule has 0 aliphatic carbocycles. The van der Waals surface area contributed by atoms with Gasteiger partial charge in [-0.15, -0.1) is 11.8 Å². The highest BCUT2D eigenvalue weighted by atomic mass is 35.5. The van der Waals surface area contributed by atoms with Crippen molar-refractivity contribution in [3.63, 3.8) is 0 Å². The average molecular weight is 306 g/mol. The largest absolute Gasteiger partial charge is 0.327 e. The van der Waals surface area contributed by atoms with Crippen molar-refractivity contribution in [1.29, 1.82) is 0 Å². The molecule has 2 rings (SSSR count). The molecule has 0 radical (unpaired) electrons. The topological polar surface area (TPSA) is 26.0 Å². The number of hydrogen-bond donors (Lipinski definition) is 1. The Balaban J connectivity index is 1.91. The van der Waals surface area contributed by atoms with E-state index in [9.17, 15) is 0 Å². The lowest BCUT2D eigenvalue weighted by molar-refractivity contribution is 0.748. The quantitative estimate of drug-likeness (QED) is 0.816. The number of halogens is 1. The fourth-order valence-electron chi connectivity index (χ4n) is 2.05. The first-order valence-corrected chi connectivity index (χ1v) is 8.11. The molecule has 0 aliphatic rings. The normalized spacial score (nSPS) is 12.4. The smallest absolute Gasteiger partial charge is 0.0541 e. The lowest BCUT2D eigenvalue weighted by Crippen LogP contribution is -2.25. The first kappa shape index (κ1) is 15.4. The van der Waals surface area contributed by atoms with Crippen LogP contribution in [0, 0.1) is 13.8 Å². The summed E-state index contributed by atoms with van der Waals surface area (Å²) in [4.78, 5) is 1.10. The number of hydrogen-bond acceptors (Lipinski definition) is 2. The summed E-state index contributed by atoms with van der Waals surface area (Å²) in [6.45, 7) is 4.27. The van der Waals surface area contributed by atoms with Gasteiger partial charge < -0.3 is 5.73 Å². The van der Waals surface area contributed by atoms with Crippen LogP contribution in [0.25, 0.3) is 0 Å². The Morgan fingerprint density at radius 3 is 2.55 bits per heavy atom. The maximum atomic E-state index is 6.23. The molecular weight excluding hydrogens is 286 g/mol. The zero-order chi connectivity index (χ0) is 14.5. The van der Waals surface area contributed by atoms with Gasteiger partial charge in [-0.25, -0.2) is 0 Å². The van der Waals surface area contributed by atoms with E-state index in [4.69, 9.17) is 17.3 Å². The lowest BCUT2D eigenvalue weighted by Gasteiger charge is -2.13. The molecule has 106 valence electrons. The van der Waals surface area contributed by atoms with Crippen LogP contribution in [-0.4, -0.2) is 11.8 Å². The van der Waals surface area contributed by atoms with Gasteiger partial charge in [0.15, 0.2) is 0 Å². The SMILES string of the molecule is Cc1ccc(CC(N)CSc2ccccc2Cl)cc1C. The van der Waals surface area contributed by atoms with Gasteiger partial charge in [0, 0.05) is 16.7 Å². The summed E-state index contributed by atoms with van der Waals surface area (Å²) in [6.07, 6.45) is 0.901. The van der Waals surface area contributed by atoms with Crippen LogP contribution in [0.5, 0.6) is 0 Å². The fraction of sp³-hybridized carbons (Fsp3) is 0.294. The summed E-state index contributed by atoms with van der Waals surface area (Å²) < 4.78 is 0. The monoisotopic (exact) mass is 305 g/mol. The van der Waals surface area contributed by atoms with E-state index in [1.807, 2.05) is 24.3 Å². The summed E-state index contributed by atoms with van der Waals surface area (Å²) in [5.74, 6) is 0.872. The van der Waals surface area contributed by atoms with Gasteiger partial charge >= 0.3 is 0 Å². The molecule has 3 heteroatoms. The van der Waals surface area contributed by atoms with Gasteiger partial charge in [0.2, 0.25) is 0 Å². The molecule has 0 amide bonds. The molecule has 1 atom stereocenters. The summed E-state index contributed by atoms with van der Waals surface area (Å²) in [5.41, 5.74) is 10.2. The van der Waals surface area contributed by atoms with Crippen molar-refractivity contribution in [3.8, 4) is 0 Å². The lowest BCUT2D eigenvalue weighted by atomic mass is 10.0. The van der Waals surface area contributed by atoms with Gasteiger partial charge in [-0.2, -0.15) is 0 Å². The fourth-order valence-corrected chi connectivity index (χ4v) is 3.24. The van der Waals surface area contributed by atoms with Crippen LogP contribution in [0.1, 0.15) is 16.7 Å². The highest BCUT2D eigenvalue weighted by molar-refractivity contribution is 7.99. The molecule has 0 bridgehead atoms. The van der Waals surface area contributed by atoms with E-state index >= 15 is 0 Å². The van der Waals surface area contributed by atoms with Crippen molar-refractivity contribution < 1.29 is 0 Å². The molecule has 0 saturated carbocycles. The second-order valence-corrected chi connectivity index (χ2v) is 6.59. The molecule has 0 saturated heterocycles. The van der Waals surface area contributed by atoms with Crippen molar-refractivity contribution >= 4 is 23.4 Å². The Bertz CT molecular complexity index is 583. The van der Waals surface area contributed by atoms with Crippen LogP contribution in [-0.2, 0) is 6.42 Å². The molecule has 1 unspecified atom stereocenters. The molecule has 1 nitrogen and oxygen atoms in total. The molecule has 0 aliphatic heterocycles. The zero-order valence-electron chi connectivity index (χ0n) is 11.9. The maximum absolute atomic E-state index is 6.23. The van der Waals surface area contributed by atoms with Gasteiger partial charge in [-0.05, 0) is 49.1 Å². The predicted octanol–water partition coefficient (Wildman–Crippen LogP) is 4.62. The Morgan fingerprint density at radius 1 is 1.10 bits per heavy atom.